The third-order valence-corrected chi connectivity index (χ3v) is 6.11. The Kier molecular flexibility index (Phi) is 8.36. The van der Waals surface area contributed by atoms with Crippen LogP contribution in [0.25, 0.3) is 5.69 Å². The number of aryl methyl sites for hydroxylation is 1. The van der Waals surface area contributed by atoms with Gasteiger partial charge in [0.1, 0.15) is 5.75 Å². The maximum atomic E-state index is 12.6. The molecule has 0 atom stereocenters. The standard InChI is InChI=1S/C27H27N5O3S/c1-3-35-23-14-12-21(13-15-23)29-25(33)18-36-27-31-30-24(32(27)22-10-5-4-6-11-22)17-28-26(34)20-9-7-8-19(2)16-20/h4-16H,3,17-18H2,1-2H3,(H,28,34)(H,29,33). The molecule has 1 aromatic heterocycles. The highest BCUT2D eigenvalue weighted by Gasteiger charge is 2.17. The third kappa shape index (κ3) is 6.51. The summed E-state index contributed by atoms with van der Waals surface area (Å²) in [6.45, 7) is 4.64. The minimum Gasteiger partial charge on any atom is -0.494 e. The van der Waals surface area contributed by atoms with Gasteiger partial charge < -0.3 is 15.4 Å². The number of anilines is 1. The smallest absolute Gasteiger partial charge is 0.251 e. The summed E-state index contributed by atoms with van der Waals surface area (Å²) in [6, 6.07) is 24.2. The van der Waals surface area contributed by atoms with Gasteiger partial charge in [-0.2, -0.15) is 0 Å². The van der Waals surface area contributed by atoms with Crippen LogP contribution in [0.4, 0.5) is 5.69 Å². The molecule has 4 rings (SSSR count). The zero-order valence-corrected chi connectivity index (χ0v) is 20.9. The molecular formula is C27H27N5O3S. The molecule has 0 unspecified atom stereocenters. The number of nitrogens with one attached hydrogen (secondary N) is 2. The Hall–Kier alpha value is -4.11. The van der Waals surface area contributed by atoms with Gasteiger partial charge in [0.2, 0.25) is 5.91 Å². The Balaban J connectivity index is 1.44. The van der Waals surface area contributed by atoms with Gasteiger partial charge in [-0.1, -0.05) is 47.7 Å². The largest absolute Gasteiger partial charge is 0.494 e. The van der Waals surface area contributed by atoms with Crippen molar-refractivity contribution < 1.29 is 14.3 Å². The van der Waals surface area contributed by atoms with E-state index >= 15 is 0 Å². The van der Waals surface area contributed by atoms with Crippen molar-refractivity contribution in [3.05, 3.63) is 95.8 Å². The van der Waals surface area contributed by atoms with Gasteiger partial charge in [-0.15, -0.1) is 10.2 Å². The van der Waals surface area contributed by atoms with Gasteiger partial charge in [-0.05, 0) is 62.4 Å². The Morgan fingerprint density at radius 3 is 2.47 bits per heavy atom. The number of para-hydroxylation sites is 1. The van der Waals surface area contributed by atoms with Crippen LogP contribution in [-0.2, 0) is 11.3 Å². The fraction of sp³-hybridized carbons (Fsp3) is 0.185. The summed E-state index contributed by atoms with van der Waals surface area (Å²) in [5, 5.41) is 14.9. The third-order valence-electron chi connectivity index (χ3n) is 5.18. The van der Waals surface area contributed by atoms with E-state index in [1.54, 1.807) is 18.2 Å². The summed E-state index contributed by atoms with van der Waals surface area (Å²) in [5.41, 5.74) is 3.13. The van der Waals surface area contributed by atoms with Crippen LogP contribution in [0.5, 0.6) is 5.75 Å². The predicted octanol–water partition coefficient (Wildman–Crippen LogP) is 4.64. The van der Waals surface area contributed by atoms with E-state index < -0.39 is 0 Å². The quantitative estimate of drug-likeness (QED) is 0.307. The summed E-state index contributed by atoms with van der Waals surface area (Å²) < 4.78 is 7.29. The molecule has 2 amide bonds. The number of hydrogen-bond donors (Lipinski definition) is 2. The molecule has 0 aliphatic heterocycles. The second-order valence-electron chi connectivity index (χ2n) is 7.92. The van der Waals surface area contributed by atoms with Crippen LogP contribution in [-0.4, -0.2) is 38.9 Å². The first-order valence-electron chi connectivity index (χ1n) is 11.5. The number of benzene rings is 3. The van der Waals surface area contributed by atoms with Crippen LogP contribution in [0.15, 0.2) is 84.0 Å². The minimum absolute atomic E-state index is 0.147. The second-order valence-corrected chi connectivity index (χ2v) is 8.86. The topological polar surface area (TPSA) is 98.1 Å². The predicted molar refractivity (Wildman–Crippen MR) is 141 cm³/mol. The van der Waals surface area contributed by atoms with Crippen LogP contribution < -0.4 is 15.4 Å². The highest BCUT2D eigenvalue weighted by atomic mass is 32.2. The fourth-order valence-electron chi connectivity index (χ4n) is 3.52. The number of aromatic nitrogens is 3. The number of carbonyl (C=O) groups excluding carboxylic acids is 2. The molecule has 3 aromatic carbocycles. The summed E-state index contributed by atoms with van der Waals surface area (Å²) in [7, 11) is 0. The van der Waals surface area contributed by atoms with Crippen molar-refractivity contribution in [3.63, 3.8) is 0 Å². The molecule has 4 aromatic rings. The molecule has 2 N–H and O–H groups in total. The average molecular weight is 502 g/mol. The van der Waals surface area contributed by atoms with Gasteiger partial charge in [-0.25, -0.2) is 0 Å². The molecule has 0 fully saturated rings. The number of rotatable bonds is 10. The highest BCUT2D eigenvalue weighted by Crippen LogP contribution is 2.23. The van der Waals surface area contributed by atoms with E-state index in [0.29, 0.717) is 28.8 Å². The van der Waals surface area contributed by atoms with Gasteiger partial charge in [0.15, 0.2) is 11.0 Å². The van der Waals surface area contributed by atoms with Crippen molar-refractivity contribution in [2.24, 2.45) is 0 Å². The lowest BCUT2D eigenvalue weighted by Gasteiger charge is -2.11. The maximum absolute atomic E-state index is 12.6. The average Bonchev–Trinajstić information content (AvgIpc) is 3.30. The molecule has 0 bridgehead atoms. The van der Waals surface area contributed by atoms with E-state index in [2.05, 4.69) is 20.8 Å². The van der Waals surface area contributed by atoms with Crippen LogP contribution in [0.3, 0.4) is 0 Å². The molecule has 8 nitrogen and oxygen atoms in total. The van der Waals surface area contributed by atoms with Gasteiger partial charge in [0.25, 0.3) is 5.91 Å². The number of carbonyl (C=O) groups is 2. The van der Waals surface area contributed by atoms with Crippen molar-refractivity contribution in [1.29, 1.82) is 0 Å². The van der Waals surface area contributed by atoms with Crippen molar-refractivity contribution >= 4 is 29.3 Å². The number of thioether (sulfide) groups is 1. The number of amides is 2. The van der Waals surface area contributed by atoms with Crippen LogP contribution in [0.1, 0.15) is 28.7 Å². The van der Waals surface area contributed by atoms with E-state index in [-0.39, 0.29) is 24.1 Å². The summed E-state index contributed by atoms with van der Waals surface area (Å²) in [4.78, 5) is 25.2. The molecule has 9 heteroatoms. The van der Waals surface area contributed by atoms with Crippen molar-refractivity contribution in [1.82, 2.24) is 20.1 Å². The van der Waals surface area contributed by atoms with Gasteiger partial charge in [-0.3, -0.25) is 14.2 Å². The number of ether oxygens (including phenoxy) is 1. The molecule has 0 radical (unpaired) electrons. The van der Waals surface area contributed by atoms with Crippen molar-refractivity contribution in [2.75, 3.05) is 17.7 Å². The maximum Gasteiger partial charge on any atom is 0.251 e. The van der Waals surface area contributed by atoms with E-state index in [1.165, 1.54) is 11.8 Å². The molecule has 0 aliphatic rings. The summed E-state index contributed by atoms with van der Waals surface area (Å²) in [5.74, 6) is 1.11. The first-order chi connectivity index (χ1) is 17.5. The van der Waals surface area contributed by atoms with Gasteiger partial charge in [0, 0.05) is 16.9 Å². The first kappa shape index (κ1) is 25.0. The van der Waals surface area contributed by atoms with E-state index in [1.807, 2.05) is 79.1 Å². The lowest BCUT2D eigenvalue weighted by Crippen LogP contribution is -2.24. The Bertz CT molecular complexity index is 1320. The van der Waals surface area contributed by atoms with Gasteiger partial charge >= 0.3 is 0 Å². The molecular weight excluding hydrogens is 474 g/mol. The van der Waals surface area contributed by atoms with Crippen LogP contribution >= 0.6 is 11.8 Å². The zero-order valence-electron chi connectivity index (χ0n) is 20.1. The van der Waals surface area contributed by atoms with E-state index in [0.717, 1.165) is 17.0 Å². The highest BCUT2D eigenvalue weighted by molar-refractivity contribution is 7.99. The van der Waals surface area contributed by atoms with Gasteiger partial charge in [0.05, 0.1) is 18.9 Å². The van der Waals surface area contributed by atoms with Crippen molar-refractivity contribution in [3.8, 4) is 11.4 Å². The lowest BCUT2D eigenvalue weighted by molar-refractivity contribution is -0.113. The lowest BCUT2D eigenvalue weighted by atomic mass is 10.1. The SMILES string of the molecule is CCOc1ccc(NC(=O)CSc2nnc(CNC(=O)c3cccc(C)c3)n2-c2ccccc2)cc1. The van der Waals surface area contributed by atoms with Crippen LogP contribution in [0, 0.1) is 6.92 Å². The molecule has 0 aliphatic carbocycles. The molecule has 0 saturated carbocycles. The Labute approximate surface area is 214 Å². The monoisotopic (exact) mass is 501 g/mol. The molecule has 0 spiro atoms. The molecule has 184 valence electrons. The van der Waals surface area contributed by atoms with E-state index in [4.69, 9.17) is 4.74 Å². The number of hydrogen-bond acceptors (Lipinski definition) is 6. The fourth-order valence-corrected chi connectivity index (χ4v) is 4.29. The Morgan fingerprint density at radius 1 is 0.972 bits per heavy atom. The molecule has 0 saturated heterocycles. The normalized spacial score (nSPS) is 10.6. The molecule has 36 heavy (non-hydrogen) atoms. The Morgan fingerprint density at radius 2 is 1.75 bits per heavy atom. The van der Waals surface area contributed by atoms with E-state index in [9.17, 15) is 9.59 Å². The summed E-state index contributed by atoms with van der Waals surface area (Å²) >= 11 is 1.27. The first-order valence-corrected chi connectivity index (χ1v) is 12.5. The van der Waals surface area contributed by atoms with Crippen molar-refractivity contribution in [2.45, 2.75) is 25.5 Å². The summed E-state index contributed by atoms with van der Waals surface area (Å²) in [6.07, 6.45) is 0. The zero-order chi connectivity index (χ0) is 25.3. The van der Waals surface area contributed by atoms with Crippen LogP contribution in [0.2, 0.25) is 0 Å². The minimum atomic E-state index is -0.190. The second kappa shape index (κ2) is 12.0. The molecule has 1 heterocycles. The number of nitrogens with zero attached hydrogens (tertiary/aromatic N) is 3.